The number of carbonyl (C=O) groups excluding carboxylic acids is 1. The molecule has 0 fully saturated rings. The van der Waals surface area contributed by atoms with Crippen LogP contribution in [0.1, 0.15) is 16.1 Å². The van der Waals surface area contributed by atoms with Gasteiger partial charge in [0.15, 0.2) is 5.69 Å². The highest BCUT2D eigenvalue weighted by Crippen LogP contribution is 2.33. The van der Waals surface area contributed by atoms with Crippen molar-refractivity contribution < 1.29 is 18.0 Å². The van der Waals surface area contributed by atoms with Crippen molar-refractivity contribution in [3.63, 3.8) is 0 Å². The molecule has 0 aliphatic carbocycles. The molecule has 1 N–H and O–H groups in total. The minimum absolute atomic E-state index is 0.0463. The van der Waals surface area contributed by atoms with Crippen LogP contribution >= 0.6 is 23.2 Å². The van der Waals surface area contributed by atoms with E-state index in [1.54, 1.807) is 0 Å². The first-order chi connectivity index (χ1) is 9.70. The fourth-order valence-corrected chi connectivity index (χ4v) is 2.00. The minimum atomic E-state index is -4.73. The first kappa shape index (κ1) is 15.7. The number of hydrogen-bond acceptors (Lipinski definition) is 2. The molecule has 0 unspecified atom stereocenters. The molecule has 0 aliphatic heterocycles. The maximum absolute atomic E-state index is 12.8. The highest BCUT2D eigenvalue weighted by Gasteiger charge is 2.39. The van der Waals surface area contributed by atoms with Crippen molar-refractivity contribution in [2.45, 2.75) is 6.18 Å². The van der Waals surface area contributed by atoms with Crippen molar-refractivity contribution in [3.05, 3.63) is 45.7 Å². The van der Waals surface area contributed by atoms with E-state index in [1.807, 2.05) is 0 Å². The SMILES string of the molecule is Cn1cc(C(=O)Nc2cccc(Cl)c2Cl)c(C(F)(F)F)n1. The molecule has 112 valence electrons. The van der Waals surface area contributed by atoms with E-state index in [-0.39, 0.29) is 15.7 Å². The smallest absolute Gasteiger partial charge is 0.320 e. The zero-order valence-electron chi connectivity index (χ0n) is 10.5. The Morgan fingerprint density at radius 3 is 2.62 bits per heavy atom. The van der Waals surface area contributed by atoms with Gasteiger partial charge >= 0.3 is 6.18 Å². The van der Waals surface area contributed by atoms with Gasteiger partial charge in [0.2, 0.25) is 0 Å². The molecule has 2 aromatic rings. The lowest BCUT2D eigenvalue weighted by molar-refractivity contribution is -0.141. The number of aryl methyl sites for hydroxylation is 1. The number of aromatic nitrogens is 2. The lowest BCUT2D eigenvalue weighted by atomic mass is 10.2. The van der Waals surface area contributed by atoms with Gasteiger partial charge in [0.25, 0.3) is 5.91 Å². The first-order valence-electron chi connectivity index (χ1n) is 5.56. The van der Waals surface area contributed by atoms with Crippen LogP contribution < -0.4 is 5.32 Å². The number of rotatable bonds is 2. The summed E-state index contributed by atoms with van der Waals surface area (Å²) >= 11 is 11.6. The van der Waals surface area contributed by atoms with Crippen molar-refractivity contribution in [3.8, 4) is 0 Å². The predicted octanol–water partition coefficient (Wildman–Crippen LogP) is 4.00. The summed E-state index contributed by atoms with van der Waals surface area (Å²) in [5.74, 6) is -0.973. The Kier molecular flexibility index (Phi) is 4.15. The molecular formula is C12H8Cl2F3N3O. The van der Waals surface area contributed by atoms with Gasteiger partial charge in [-0.2, -0.15) is 18.3 Å². The van der Waals surface area contributed by atoms with E-state index in [2.05, 4.69) is 10.4 Å². The highest BCUT2D eigenvalue weighted by atomic mass is 35.5. The van der Waals surface area contributed by atoms with Crippen molar-refractivity contribution in [2.75, 3.05) is 5.32 Å². The number of amides is 1. The summed E-state index contributed by atoms with van der Waals surface area (Å²) in [4.78, 5) is 12.0. The Hall–Kier alpha value is -1.73. The van der Waals surface area contributed by atoms with E-state index in [4.69, 9.17) is 23.2 Å². The number of halogens is 5. The van der Waals surface area contributed by atoms with Crippen LogP contribution in [0, 0.1) is 0 Å². The van der Waals surface area contributed by atoms with Gasteiger partial charge in [-0.05, 0) is 12.1 Å². The summed E-state index contributed by atoms with van der Waals surface area (Å²) in [5, 5.41) is 5.76. The quantitative estimate of drug-likeness (QED) is 0.900. The van der Waals surface area contributed by atoms with Gasteiger partial charge in [0, 0.05) is 13.2 Å². The maximum Gasteiger partial charge on any atom is 0.435 e. The Bertz CT molecular complexity index is 698. The molecule has 1 aromatic heterocycles. The second-order valence-electron chi connectivity index (χ2n) is 4.12. The zero-order chi connectivity index (χ0) is 15.8. The van der Waals surface area contributed by atoms with Crippen LogP contribution in [0.15, 0.2) is 24.4 Å². The zero-order valence-corrected chi connectivity index (χ0v) is 12.0. The molecular weight excluding hydrogens is 330 g/mol. The number of benzene rings is 1. The van der Waals surface area contributed by atoms with Crippen LogP contribution in [0.25, 0.3) is 0 Å². The molecule has 0 aliphatic rings. The van der Waals surface area contributed by atoms with Crippen LogP contribution in [0.5, 0.6) is 0 Å². The molecule has 1 heterocycles. The van der Waals surface area contributed by atoms with Crippen molar-refractivity contribution in [2.24, 2.45) is 7.05 Å². The van der Waals surface area contributed by atoms with Gasteiger partial charge in [0.1, 0.15) is 0 Å². The number of anilines is 1. The van der Waals surface area contributed by atoms with Crippen LogP contribution in [0.2, 0.25) is 10.0 Å². The molecule has 21 heavy (non-hydrogen) atoms. The van der Waals surface area contributed by atoms with Crippen LogP contribution in [0.4, 0.5) is 18.9 Å². The summed E-state index contributed by atoms with van der Waals surface area (Å²) in [6.07, 6.45) is -3.75. The normalized spacial score (nSPS) is 11.5. The largest absolute Gasteiger partial charge is 0.435 e. The standard InChI is InChI=1S/C12H8Cl2F3N3O/c1-20-5-6(10(19-20)12(15,16)17)11(21)18-8-4-2-3-7(13)9(8)14/h2-5H,1H3,(H,18,21). The molecule has 0 radical (unpaired) electrons. The second kappa shape index (κ2) is 5.57. The number of carbonyl (C=O) groups is 1. The summed E-state index contributed by atoms with van der Waals surface area (Å²) in [5.41, 5.74) is -1.74. The van der Waals surface area contributed by atoms with Gasteiger partial charge < -0.3 is 5.32 Å². The van der Waals surface area contributed by atoms with Crippen molar-refractivity contribution in [1.29, 1.82) is 0 Å². The third kappa shape index (κ3) is 3.30. The molecule has 0 saturated carbocycles. The van der Waals surface area contributed by atoms with Crippen LogP contribution in [-0.2, 0) is 13.2 Å². The number of alkyl halides is 3. The monoisotopic (exact) mass is 337 g/mol. The predicted molar refractivity (Wildman–Crippen MR) is 72.6 cm³/mol. The van der Waals surface area contributed by atoms with Crippen LogP contribution in [0.3, 0.4) is 0 Å². The Balaban J connectivity index is 2.36. The maximum atomic E-state index is 12.8. The Morgan fingerprint density at radius 2 is 2.00 bits per heavy atom. The van der Waals surface area contributed by atoms with E-state index in [0.29, 0.717) is 0 Å². The number of nitrogens with zero attached hydrogens (tertiary/aromatic N) is 2. The fraction of sp³-hybridized carbons (Fsp3) is 0.167. The van der Waals surface area contributed by atoms with Crippen molar-refractivity contribution >= 4 is 34.8 Å². The Morgan fingerprint density at radius 1 is 1.33 bits per heavy atom. The average molecular weight is 338 g/mol. The number of nitrogens with one attached hydrogen (secondary N) is 1. The highest BCUT2D eigenvalue weighted by molar-refractivity contribution is 6.44. The molecule has 0 bridgehead atoms. The topological polar surface area (TPSA) is 46.9 Å². The lowest BCUT2D eigenvalue weighted by Crippen LogP contribution is -2.18. The molecule has 1 aromatic carbocycles. The average Bonchev–Trinajstić information content (AvgIpc) is 2.77. The summed E-state index contributed by atoms with van der Waals surface area (Å²) in [6, 6.07) is 4.43. The van der Waals surface area contributed by atoms with E-state index in [1.165, 1.54) is 25.2 Å². The summed E-state index contributed by atoms with van der Waals surface area (Å²) in [6.45, 7) is 0. The molecule has 2 rings (SSSR count). The lowest BCUT2D eigenvalue weighted by Gasteiger charge is -2.09. The van der Waals surface area contributed by atoms with Gasteiger partial charge in [0.05, 0.1) is 21.3 Å². The third-order valence-electron chi connectivity index (χ3n) is 2.54. The molecule has 4 nitrogen and oxygen atoms in total. The van der Waals surface area contributed by atoms with E-state index in [9.17, 15) is 18.0 Å². The fourth-order valence-electron chi connectivity index (χ4n) is 1.65. The molecule has 1 amide bonds. The molecule has 9 heteroatoms. The van der Waals surface area contributed by atoms with E-state index >= 15 is 0 Å². The third-order valence-corrected chi connectivity index (χ3v) is 3.36. The molecule has 0 atom stereocenters. The molecule has 0 spiro atoms. The van der Waals surface area contributed by atoms with E-state index < -0.39 is 23.3 Å². The Labute approximate surface area is 127 Å². The van der Waals surface area contributed by atoms with Gasteiger partial charge in [-0.1, -0.05) is 29.3 Å². The summed E-state index contributed by atoms with van der Waals surface area (Å²) < 4.78 is 39.3. The second-order valence-corrected chi connectivity index (χ2v) is 4.90. The first-order valence-corrected chi connectivity index (χ1v) is 6.32. The summed E-state index contributed by atoms with van der Waals surface area (Å²) in [7, 11) is 1.29. The van der Waals surface area contributed by atoms with Gasteiger partial charge in [-0.25, -0.2) is 0 Å². The van der Waals surface area contributed by atoms with Crippen LogP contribution in [-0.4, -0.2) is 15.7 Å². The van der Waals surface area contributed by atoms with Crippen molar-refractivity contribution in [1.82, 2.24) is 9.78 Å². The minimum Gasteiger partial charge on any atom is -0.320 e. The number of hydrogen-bond donors (Lipinski definition) is 1. The van der Waals surface area contributed by atoms with Gasteiger partial charge in [-0.15, -0.1) is 0 Å². The van der Waals surface area contributed by atoms with E-state index in [0.717, 1.165) is 10.9 Å². The molecule has 0 saturated heterocycles. The van der Waals surface area contributed by atoms with Gasteiger partial charge in [-0.3, -0.25) is 9.48 Å².